The number of nitrogens with one attached hydrogen (secondary N) is 1. The minimum atomic E-state index is -0.494. The summed E-state index contributed by atoms with van der Waals surface area (Å²) in [6.45, 7) is 0.610. The van der Waals surface area contributed by atoms with Gasteiger partial charge in [-0.3, -0.25) is 9.59 Å². The minimum absolute atomic E-state index is 0.0362. The number of halogens is 1. The van der Waals surface area contributed by atoms with Crippen molar-refractivity contribution in [3.05, 3.63) is 70.7 Å². The third-order valence-electron chi connectivity index (χ3n) is 8.43. The zero-order valence-electron chi connectivity index (χ0n) is 19.8. The van der Waals surface area contributed by atoms with E-state index in [1.807, 2.05) is 47.4 Å². The number of carbonyl (C=O) groups excluding carboxylic acids is 2. The molecular weight excluding hydrogens is 444 g/mol. The van der Waals surface area contributed by atoms with Crippen molar-refractivity contribution in [1.29, 1.82) is 0 Å². The van der Waals surface area contributed by atoms with Gasteiger partial charge in [-0.2, -0.15) is 0 Å². The first kappa shape index (κ1) is 23.4. The Morgan fingerprint density at radius 3 is 2.18 bits per heavy atom. The van der Waals surface area contributed by atoms with Crippen LogP contribution in [-0.2, 0) is 22.4 Å². The van der Waals surface area contributed by atoms with E-state index in [4.69, 9.17) is 11.6 Å². The first-order valence-electron chi connectivity index (χ1n) is 12.8. The van der Waals surface area contributed by atoms with E-state index in [2.05, 4.69) is 17.4 Å². The van der Waals surface area contributed by atoms with Crippen LogP contribution >= 0.6 is 11.6 Å². The number of hydrogen-bond donors (Lipinski definition) is 1. The second-order valence-electron chi connectivity index (χ2n) is 10.9. The number of carbonyl (C=O) groups is 2. The molecule has 0 aromatic heterocycles. The van der Waals surface area contributed by atoms with Gasteiger partial charge < -0.3 is 10.2 Å². The molecule has 1 N–H and O–H groups in total. The highest BCUT2D eigenvalue weighted by Crippen LogP contribution is 2.58. The van der Waals surface area contributed by atoms with E-state index in [-0.39, 0.29) is 11.4 Å². The van der Waals surface area contributed by atoms with E-state index in [9.17, 15) is 9.59 Å². The second kappa shape index (κ2) is 10.1. The summed E-state index contributed by atoms with van der Waals surface area (Å²) in [5.41, 5.74) is 2.15. The lowest BCUT2D eigenvalue weighted by Crippen LogP contribution is -2.64. The molecule has 4 nitrogen and oxygen atoms in total. The molecule has 5 heteroatoms. The van der Waals surface area contributed by atoms with Gasteiger partial charge >= 0.3 is 0 Å². The molecule has 34 heavy (non-hydrogen) atoms. The highest BCUT2D eigenvalue weighted by molar-refractivity contribution is 6.30. The van der Waals surface area contributed by atoms with Crippen LogP contribution in [0.4, 0.5) is 0 Å². The molecule has 1 atom stereocenters. The van der Waals surface area contributed by atoms with Crippen molar-refractivity contribution < 1.29 is 9.59 Å². The van der Waals surface area contributed by atoms with E-state index in [0.29, 0.717) is 35.7 Å². The van der Waals surface area contributed by atoms with Crippen molar-refractivity contribution >= 4 is 23.9 Å². The minimum Gasteiger partial charge on any atom is -0.354 e. The van der Waals surface area contributed by atoms with Crippen LogP contribution in [-0.4, -0.2) is 35.3 Å². The van der Waals surface area contributed by atoms with Gasteiger partial charge in [0.05, 0.1) is 0 Å². The van der Waals surface area contributed by atoms with Crippen LogP contribution in [0.2, 0.25) is 5.02 Å². The second-order valence-corrected chi connectivity index (χ2v) is 11.3. The topological polar surface area (TPSA) is 49.4 Å². The molecule has 0 spiro atoms. The smallest absolute Gasteiger partial charge is 0.243 e. The van der Waals surface area contributed by atoms with E-state index >= 15 is 0 Å². The number of amides is 2. The number of hydrogen-bond acceptors (Lipinski definition) is 2. The van der Waals surface area contributed by atoms with Crippen molar-refractivity contribution in [3.8, 4) is 0 Å². The maximum Gasteiger partial charge on any atom is 0.243 e. The lowest BCUT2D eigenvalue weighted by atomic mass is 9.52. The highest BCUT2D eigenvalue weighted by atomic mass is 35.5. The van der Waals surface area contributed by atoms with Crippen LogP contribution in [0.5, 0.6) is 0 Å². The Kier molecular flexibility index (Phi) is 6.96. The van der Waals surface area contributed by atoms with Crippen molar-refractivity contribution in [2.75, 3.05) is 6.54 Å². The van der Waals surface area contributed by atoms with Crippen LogP contribution in [0.3, 0.4) is 0 Å². The molecule has 0 unspecified atom stereocenters. The van der Waals surface area contributed by atoms with Gasteiger partial charge in [0.15, 0.2) is 0 Å². The Balaban J connectivity index is 1.32. The van der Waals surface area contributed by atoms with E-state index in [0.717, 1.165) is 44.1 Å². The Labute approximate surface area is 208 Å². The average Bonchev–Trinajstić information content (AvgIpc) is 2.82. The standard InChI is InChI=1S/C29H35ClN2O2/c30-26-10-8-22(9-11-26)16-27(28(34)31-12-4-7-21-5-2-1-3-6-21)32(20-33)29-17-23-13-24(18-29)15-25(14-23)19-29/h1-3,5-6,8-11,20,23-25,27H,4,7,12-19H2,(H,31,34)/t23?,24?,25?,27-,29?/m0/s1. The summed E-state index contributed by atoms with van der Waals surface area (Å²) in [4.78, 5) is 28.2. The highest BCUT2D eigenvalue weighted by Gasteiger charge is 2.55. The first-order chi connectivity index (χ1) is 16.5. The third kappa shape index (κ3) is 5.02. The quantitative estimate of drug-likeness (QED) is 0.365. The van der Waals surface area contributed by atoms with Gasteiger partial charge in [-0.05, 0) is 92.4 Å². The Bertz CT molecular complexity index is 956. The molecule has 4 aliphatic rings. The summed E-state index contributed by atoms with van der Waals surface area (Å²) in [6.07, 6.45) is 10.4. The lowest BCUT2D eigenvalue weighted by molar-refractivity contribution is -0.152. The van der Waals surface area contributed by atoms with Crippen molar-refractivity contribution in [3.63, 3.8) is 0 Å². The third-order valence-corrected chi connectivity index (χ3v) is 8.68. The summed E-state index contributed by atoms with van der Waals surface area (Å²) in [5.74, 6) is 2.09. The molecule has 6 rings (SSSR count). The predicted octanol–water partition coefficient (Wildman–Crippen LogP) is 5.43. The molecule has 4 aliphatic carbocycles. The molecule has 4 saturated carbocycles. The predicted molar refractivity (Wildman–Crippen MR) is 136 cm³/mol. The fraction of sp³-hybridized carbons (Fsp3) is 0.517. The van der Waals surface area contributed by atoms with Gasteiger partial charge in [0.2, 0.25) is 12.3 Å². The van der Waals surface area contributed by atoms with Gasteiger partial charge in [0, 0.05) is 23.5 Å². The molecule has 2 aromatic carbocycles. The SMILES string of the molecule is O=CN([C@@H](Cc1ccc(Cl)cc1)C(=O)NCCCc1ccccc1)C12CC3CC(CC(C3)C1)C2. The van der Waals surface area contributed by atoms with Crippen molar-refractivity contribution in [2.45, 2.75) is 69.4 Å². The molecular formula is C29H35ClN2O2. The molecule has 0 radical (unpaired) electrons. The lowest BCUT2D eigenvalue weighted by Gasteiger charge is -2.60. The maximum absolute atomic E-state index is 13.6. The molecule has 4 fully saturated rings. The van der Waals surface area contributed by atoms with Crippen LogP contribution < -0.4 is 5.32 Å². The van der Waals surface area contributed by atoms with E-state index < -0.39 is 6.04 Å². The van der Waals surface area contributed by atoms with Crippen LogP contribution in [0, 0.1) is 17.8 Å². The molecule has 4 bridgehead atoms. The van der Waals surface area contributed by atoms with Crippen LogP contribution in [0.25, 0.3) is 0 Å². The zero-order valence-corrected chi connectivity index (χ0v) is 20.6. The summed E-state index contributed by atoms with van der Waals surface area (Å²) < 4.78 is 0. The van der Waals surface area contributed by atoms with Gasteiger partial charge in [-0.25, -0.2) is 0 Å². The fourth-order valence-corrected chi connectivity index (χ4v) is 7.45. The number of rotatable bonds is 10. The van der Waals surface area contributed by atoms with Gasteiger partial charge in [-0.1, -0.05) is 54.1 Å². The van der Waals surface area contributed by atoms with Crippen molar-refractivity contribution in [1.82, 2.24) is 10.2 Å². The van der Waals surface area contributed by atoms with Crippen molar-refractivity contribution in [2.24, 2.45) is 17.8 Å². The summed E-state index contributed by atoms with van der Waals surface area (Å²) in [6, 6.07) is 17.5. The molecule has 0 saturated heterocycles. The summed E-state index contributed by atoms with van der Waals surface area (Å²) in [5, 5.41) is 3.85. The Hall–Kier alpha value is -2.33. The van der Waals surface area contributed by atoms with Gasteiger partial charge in [0.1, 0.15) is 6.04 Å². The van der Waals surface area contributed by atoms with E-state index in [1.165, 1.54) is 24.8 Å². The molecule has 180 valence electrons. The Morgan fingerprint density at radius 2 is 1.59 bits per heavy atom. The average molecular weight is 479 g/mol. The summed E-state index contributed by atoms with van der Waals surface area (Å²) >= 11 is 6.10. The number of benzene rings is 2. The number of aryl methyl sites for hydroxylation is 1. The summed E-state index contributed by atoms with van der Waals surface area (Å²) in [7, 11) is 0. The largest absolute Gasteiger partial charge is 0.354 e. The first-order valence-corrected chi connectivity index (χ1v) is 13.2. The Morgan fingerprint density at radius 1 is 0.971 bits per heavy atom. The zero-order chi connectivity index (χ0) is 23.5. The molecule has 2 amide bonds. The van der Waals surface area contributed by atoms with E-state index in [1.54, 1.807) is 0 Å². The monoisotopic (exact) mass is 478 g/mol. The maximum atomic E-state index is 13.6. The normalized spacial score (nSPS) is 27.9. The fourth-order valence-electron chi connectivity index (χ4n) is 7.32. The van der Waals surface area contributed by atoms with Crippen LogP contribution in [0.15, 0.2) is 54.6 Å². The van der Waals surface area contributed by atoms with Gasteiger partial charge in [0.25, 0.3) is 0 Å². The van der Waals surface area contributed by atoms with Crippen LogP contribution in [0.1, 0.15) is 56.1 Å². The number of nitrogens with zero attached hydrogens (tertiary/aromatic N) is 1. The molecule has 2 aromatic rings. The molecule has 0 aliphatic heterocycles. The van der Waals surface area contributed by atoms with Gasteiger partial charge in [-0.15, -0.1) is 0 Å². The molecule has 0 heterocycles.